The van der Waals surface area contributed by atoms with Crippen molar-refractivity contribution in [2.75, 3.05) is 6.54 Å². The monoisotopic (exact) mass is 434 g/mol. The number of carbonyl (C=O) groups excluding carboxylic acids is 1. The number of nitrogens with zero attached hydrogens (tertiary/aromatic N) is 1. The lowest BCUT2D eigenvalue weighted by molar-refractivity contribution is 0.0952. The lowest BCUT2D eigenvalue weighted by Gasteiger charge is -2.36. The summed E-state index contributed by atoms with van der Waals surface area (Å²) in [5.74, 6) is -0.0718. The number of pyridine rings is 1. The molecule has 0 aliphatic rings. The van der Waals surface area contributed by atoms with Gasteiger partial charge in [0.05, 0.1) is 5.56 Å². The Kier molecular flexibility index (Phi) is 7.65. The number of rotatable bonds is 10. The predicted molar refractivity (Wildman–Crippen MR) is 134 cm³/mol. The fraction of sp³-hybridized carbons (Fsp3) is 0.200. The molecule has 3 heteroatoms. The number of amides is 1. The normalized spacial score (nSPS) is 11.2. The third-order valence-electron chi connectivity index (χ3n) is 6.33. The minimum Gasteiger partial charge on any atom is -0.352 e. The SMILES string of the molecule is O=C(NCCCC(CCc1ccccc1)(c1ccccc1)c1ccccc1)c1cccnc1. The molecule has 0 saturated heterocycles. The van der Waals surface area contributed by atoms with Crippen LogP contribution in [0.2, 0.25) is 0 Å². The molecule has 0 aliphatic heterocycles. The van der Waals surface area contributed by atoms with E-state index in [9.17, 15) is 4.79 Å². The van der Waals surface area contributed by atoms with Crippen molar-refractivity contribution in [3.63, 3.8) is 0 Å². The highest BCUT2D eigenvalue weighted by atomic mass is 16.1. The zero-order chi connectivity index (χ0) is 22.8. The van der Waals surface area contributed by atoms with Gasteiger partial charge in [-0.25, -0.2) is 0 Å². The van der Waals surface area contributed by atoms with E-state index in [1.807, 2.05) is 0 Å². The van der Waals surface area contributed by atoms with E-state index in [2.05, 4.69) is 101 Å². The van der Waals surface area contributed by atoms with Gasteiger partial charge in [0.2, 0.25) is 0 Å². The first-order chi connectivity index (χ1) is 16.3. The first-order valence-electron chi connectivity index (χ1n) is 11.6. The number of nitrogens with one attached hydrogen (secondary N) is 1. The Bertz CT molecular complexity index is 1070. The second-order valence-corrected chi connectivity index (χ2v) is 8.40. The average molecular weight is 435 g/mol. The first-order valence-corrected chi connectivity index (χ1v) is 11.6. The van der Waals surface area contributed by atoms with Crippen LogP contribution >= 0.6 is 0 Å². The van der Waals surface area contributed by atoms with Crippen molar-refractivity contribution < 1.29 is 4.79 Å². The zero-order valence-corrected chi connectivity index (χ0v) is 18.9. The first kappa shape index (κ1) is 22.5. The molecule has 3 nitrogen and oxygen atoms in total. The predicted octanol–water partition coefficient (Wildman–Crippen LogP) is 6.21. The Morgan fingerprint density at radius 2 is 1.33 bits per heavy atom. The van der Waals surface area contributed by atoms with E-state index in [0.717, 1.165) is 25.7 Å². The largest absolute Gasteiger partial charge is 0.352 e. The number of aromatic nitrogens is 1. The molecule has 4 rings (SSSR count). The van der Waals surface area contributed by atoms with Gasteiger partial charge >= 0.3 is 0 Å². The molecular formula is C30H30N2O. The summed E-state index contributed by atoms with van der Waals surface area (Å²) in [4.78, 5) is 16.5. The summed E-state index contributed by atoms with van der Waals surface area (Å²) < 4.78 is 0. The Hall–Kier alpha value is -3.72. The van der Waals surface area contributed by atoms with Gasteiger partial charge in [0.1, 0.15) is 0 Å². The van der Waals surface area contributed by atoms with Crippen molar-refractivity contribution in [1.82, 2.24) is 10.3 Å². The molecule has 1 N–H and O–H groups in total. The molecule has 166 valence electrons. The summed E-state index contributed by atoms with van der Waals surface area (Å²) in [7, 11) is 0. The highest BCUT2D eigenvalue weighted by Crippen LogP contribution is 2.41. The van der Waals surface area contributed by atoms with Crippen LogP contribution in [0.3, 0.4) is 0 Å². The van der Waals surface area contributed by atoms with Gasteiger partial charge in [-0.2, -0.15) is 0 Å². The fourth-order valence-electron chi connectivity index (χ4n) is 4.58. The van der Waals surface area contributed by atoms with E-state index < -0.39 is 0 Å². The molecule has 1 aromatic heterocycles. The molecule has 0 radical (unpaired) electrons. The smallest absolute Gasteiger partial charge is 0.252 e. The lowest BCUT2D eigenvalue weighted by Crippen LogP contribution is -2.31. The topological polar surface area (TPSA) is 42.0 Å². The van der Waals surface area contributed by atoms with Gasteiger partial charge in [-0.1, -0.05) is 91.0 Å². The molecule has 0 aliphatic carbocycles. The summed E-state index contributed by atoms with van der Waals surface area (Å²) in [6.45, 7) is 0.625. The quantitative estimate of drug-likeness (QED) is 0.302. The van der Waals surface area contributed by atoms with Crippen LogP contribution in [0, 0.1) is 0 Å². The Morgan fingerprint density at radius 3 is 1.91 bits per heavy atom. The molecule has 0 unspecified atom stereocenters. The highest BCUT2D eigenvalue weighted by Gasteiger charge is 2.33. The molecule has 33 heavy (non-hydrogen) atoms. The Morgan fingerprint density at radius 1 is 0.727 bits per heavy atom. The van der Waals surface area contributed by atoms with E-state index in [1.54, 1.807) is 24.5 Å². The van der Waals surface area contributed by atoms with Crippen LogP contribution in [0.1, 0.15) is 46.3 Å². The Balaban J connectivity index is 1.56. The number of carbonyl (C=O) groups is 1. The van der Waals surface area contributed by atoms with Crippen LogP contribution in [-0.4, -0.2) is 17.4 Å². The number of hydrogen-bond acceptors (Lipinski definition) is 2. The van der Waals surface area contributed by atoms with Gasteiger partial charge in [0, 0.05) is 24.4 Å². The molecule has 0 bridgehead atoms. The van der Waals surface area contributed by atoms with Gasteiger partial charge in [-0.05, 0) is 54.5 Å². The molecular weight excluding hydrogens is 404 g/mol. The van der Waals surface area contributed by atoms with E-state index in [1.165, 1.54) is 16.7 Å². The van der Waals surface area contributed by atoms with Crippen LogP contribution in [-0.2, 0) is 11.8 Å². The average Bonchev–Trinajstić information content (AvgIpc) is 2.90. The lowest BCUT2D eigenvalue weighted by atomic mass is 9.68. The van der Waals surface area contributed by atoms with Gasteiger partial charge in [-0.15, -0.1) is 0 Å². The molecule has 0 spiro atoms. The molecule has 1 heterocycles. The number of hydrogen-bond donors (Lipinski definition) is 1. The second-order valence-electron chi connectivity index (χ2n) is 8.40. The van der Waals surface area contributed by atoms with Crippen LogP contribution < -0.4 is 5.32 Å². The van der Waals surface area contributed by atoms with E-state index in [0.29, 0.717) is 12.1 Å². The summed E-state index contributed by atoms with van der Waals surface area (Å²) in [6.07, 6.45) is 7.10. The van der Waals surface area contributed by atoms with Gasteiger partial charge in [-0.3, -0.25) is 9.78 Å². The minimum atomic E-state index is -0.128. The second kappa shape index (κ2) is 11.2. The molecule has 0 atom stereocenters. The molecule has 1 amide bonds. The Labute approximate surface area is 196 Å². The summed E-state index contributed by atoms with van der Waals surface area (Å²) >= 11 is 0. The standard InChI is InChI=1S/C30H30N2O/c33-29(26-14-10-22-31-24-26)32-23-11-20-30(27-15-6-2-7-16-27,28-17-8-3-9-18-28)21-19-25-12-4-1-5-13-25/h1-10,12-18,22,24H,11,19-21,23H2,(H,32,33). The maximum atomic E-state index is 12.5. The van der Waals surface area contributed by atoms with Crippen LogP contribution in [0.5, 0.6) is 0 Å². The molecule has 0 saturated carbocycles. The molecule has 3 aromatic carbocycles. The number of benzene rings is 3. The van der Waals surface area contributed by atoms with Gasteiger partial charge in [0.25, 0.3) is 5.91 Å². The summed E-state index contributed by atoms with van der Waals surface area (Å²) in [6, 6.07) is 35.9. The van der Waals surface area contributed by atoms with E-state index in [-0.39, 0.29) is 11.3 Å². The molecule has 0 fully saturated rings. The van der Waals surface area contributed by atoms with Crippen LogP contribution in [0.15, 0.2) is 116 Å². The maximum Gasteiger partial charge on any atom is 0.252 e. The van der Waals surface area contributed by atoms with Gasteiger partial charge in [0.15, 0.2) is 0 Å². The fourth-order valence-corrected chi connectivity index (χ4v) is 4.58. The van der Waals surface area contributed by atoms with Crippen molar-refractivity contribution in [3.05, 3.63) is 138 Å². The molecule has 4 aromatic rings. The highest BCUT2D eigenvalue weighted by molar-refractivity contribution is 5.93. The zero-order valence-electron chi connectivity index (χ0n) is 18.9. The summed E-state index contributed by atoms with van der Waals surface area (Å²) in [5.41, 5.74) is 4.46. The van der Waals surface area contributed by atoms with Crippen molar-refractivity contribution in [1.29, 1.82) is 0 Å². The third kappa shape index (κ3) is 5.75. The summed E-state index contributed by atoms with van der Waals surface area (Å²) in [5, 5.41) is 3.07. The van der Waals surface area contributed by atoms with Gasteiger partial charge < -0.3 is 5.32 Å². The number of aryl methyl sites for hydroxylation is 1. The van der Waals surface area contributed by atoms with Crippen molar-refractivity contribution in [2.45, 2.75) is 31.1 Å². The minimum absolute atomic E-state index is 0.0718. The van der Waals surface area contributed by atoms with Crippen molar-refractivity contribution >= 4 is 5.91 Å². The van der Waals surface area contributed by atoms with E-state index in [4.69, 9.17) is 0 Å². The van der Waals surface area contributed by atoms with Crippen LogP contribution in [0.4, 0.5) is 0 Å². The van der Waals surface area contributed by atoms with Crippen LogP contribution in [0.25, 0.3) is 0 Å². The van der Waals surface area contributed by atoms with Crippen molar-refractivity contribution in [3.8, 4) is 0 Å². The van der Waals surface area contributed by atoms with Crippen molar-refractivity contribution in [2.24, 2.45) is 0 Å². The third-order valence-corrected chi connectivity index (χ3v) is 6.33. The van der Waals surface area contributed by atoms with E-state index >= 15 is 0 Å². The maximum absolute atomic E-state index is 12.5.